The minimum absolute atomic E-state index is 0.0712. The van der Waals surface area contributed by atoms with E-state index in [2.05, 4.69) is 15.3 Å². The summed E-state index contributed by atoms with van der Waals surface area (Å²) in [6.07, 6.45) is 0. The van der Waals surface area contributed by atoms with Gasteiger partial charge in [-0.25, -0.2) is 4.98 Å². The van der Waals surface area contributed by atoms with Crippen LogP contribution in [0, 0.1) is 13.8 Å². The third-order valence-corrected chi connectivity index (χ3v) is 2.56. The van der Waals surface area contributed by atoms with Crippen molar-refractivity contribution in [3.63, 3.8) is 0 Å². The van der Waals surface area contributed by atoms with Crippen LogP contribution in [0.2, 0.25) is 0 Å². The molecule has 1 aromatic rings. The molecule has 0 aliphatic rings. The van der Waals surface area contributed by atoms with E-state index in [1.165, 1.54) is 0 Å². The molecule has 1 atom stereocenters. The van der Waals surface area contributed by atoms with Gasteiger partial charge in [-0.1, -0.05) is 0 Å². The summed E-state index contributed by atoms with van der Waals surface area (Å²) in [5.74, 6) is 0.248. The van der Waals surface area contributed by atoms with Crippen molar-refractivity contribution in [3.8, 4) is 0 Å². The van der Waals surface area contributed by atoms with Gasteiger partial charge in [0, 0.05) is 11.7 Å². The number of aromatic amines is 1. The molecule has 100 valence electrons. The number of H-pyrrole nitrogens is 1. The van der Waals surface area contributed by atoms with Gasteiger partial charge in [-0.05, 0) is 27.7 Å². The van der Waals surface area contributed by atoms with Gasteiger partial charge in [0.1, 0.15) is 5.82 Å². The predicted molar refractivity (Wildman–Crippen MR) is 67.4 cm³/mol. The van der Waals surface area contributed by atoms with Crippen molar-refractivity contribution in [2.24, 2.45) is 0 Å². The molecule has 0 saturated carbocycles. The van der Waals surface area contributed by atoms with Crippen LogP contribution in [0.25, 0.3) is 0 Å². The minimum atomic E-state index is -0.335. The molecule has 2 N–H and O–H groups in total. The first-order valence-corrected chi connectivity index (χ1v) is 5.92. The maximum absolute atomic E-state index is 11.8. The normalized spacial score (nSPS) is 12.2. The molecular weight excluding hydrogens is 234 g/mol. The second-order valence-electron chi connectivity index (χ2n) is 4.06. The Morgan fingerprint density at radius 3 is 2.72 bits per heavy atom. The van der Waals surface area contributed by atoms with E-state index >= 15 is 0 Å². The summed E-state index contributed by atoms with van der Waals surface area (Å²) in [5.41, 5.74) is 1.04. The molecule has 0 saturated heterocycles. The maximum atomic E-state index is 11.8. The first kappa shape index (κ1) is 14.4. The van der Waals surface area contributed by atoms with Crippen LogP contribution < -0.4 is 10.9 Å². The summed E-state index contributed by atoms with van der Waals surface area (Å²) >= 11 is 0. The Balaban J connectivity index is 2.76. The van der Waals surface area contributed by atoms with E-state index in [-0.39, 0.29) is 24.1 Å². The van der Waals surface area contributed by atoms with Gasteiger partial charge in [0.15, 0.2) is 0 Å². The van der Waals surface area contributed by atoms with Gasteiger partial charge in [0.05, 0.1) is 18.7 Å². The van der Waals surface area contributed by atoms with E-state index in [1.54, 1.807) is 20.8 Å². The summed E-state index contributed by atoms with van der Waals surface area (Å²) in [4.78, 5) is 29.9. The third kappa shape index (κ3) is 3.66. The number of aromatic nitrogens is 2. The highest BCUT2D eigenvalue weighted by molar-refractivity contribution is 5.71. The van der Waals surface area contributed by atoms with E-state index in [0.29, 0.717) is 23.7 Å². The van der Waals surface area contributed by atoms with Gasteiger partial charge in [-0.3, -0.25) is 9.59 Å². The number of carbonyl (C=O) groups is 1. The van der Waals surface area contributed by atoms with Crippen molar-refractivity contribution < 1.29 is 9.53 Å². The summed E-state index contributed by atoms with van der Waals surface area (Å²) < 4.78 is 4.80. The first-order valence-electron chi connectivity index (χ1n) is 5.92. The Hall–Kier alpha value is -1.69. The van der Waals surface area contributed by atoms with Gasteiger partial charge in [0.25, 0.3) is 5.56 Å². The number of hydrogen-bond donors (Lipinski definition) is 2. The predicted octanol–water partition coefficient (Wildman–Crippen LogP) is 0.600. The minimum Gasteiger partial charge on any atom is -0.465 e. The van der Waals surface area contributed by atoms with Crippen LogP contribution in [0.15, 0.2) is 4.79 Å². The second-order valence-corrected chi connectivity index (χ2v) is 4.06. The fourth-order valence-corrected chi connectivity index (χ4v) is 1.80. The fraction of sp³-hybridized carbons (Fsp3) is 0.583. The zero-order chi connectivity index (χ0) is 13.7. The topological polar surface area (TPSA) is 84.1 Å². The van der Waals surface area contributed by atoms with Crippen LogP contribution in [0.4, 0.5) is 0 Å². The lowest BCUT2D eigenvalue weighted by molar-refractivity contribution is -0.142. The van der Waals surface area contributed by atoms with Crippen LogP contribution in [0.5, 0.6) is 0 Å². The number of esters is 1. The lowest BCUT2D eigenvalue weighted by Crippen LogP contribution is -2.32. The van der Waals surface area contributed by atoms with Gasteiger partial charge in [0.2, 0.25) is 0 Å². The average molecular weight is 253 g/mol. The zero-order valence-corrected chi connectivity index (χ0v) is 11.2. The first-order chi connectivity index (χ1) is 8.45. The molecule has 0 aliphatic heterocycles. The summed E-state index contributed by atoms with van der Waals surface area (Å²) in [5, 5.41) is 2.95. The van der Waals surface area contributed by atoms with E-state index in [9.17, 15) is 9.59 Å². The summed E-state index contributed by atoms with van der Waals surface area (Å²) in [6.45, 7) is 7.49. The summed E-state index contributed by atoms with van der Waals surface area (Å²) in [6, 6.07) is -0.258. The van der Waals surface area contributed by atoms with Crippen LogP contribution in [0.3, 0.4) is 0 Å². The quantitative estimate of drug-likeness (QED) is 0.751. The SMILES string of the molecule is CCOC(=O)CNC(C)c1c(C)nc(C)[nH]c1=O. The molecule has 1 rings (SSSR count). The Labute approximate surface area is 106 Å². The van der Waals surface area contributed by atoms with Crippen LogP contribution in [0.1, 0.15) is 37.0 Å². The number of aryl methyl sites for hydroxylation is 2. The Morgan fingerprint density at radius 1 is 1.50 bits per heavy atom. The number of nitrogens with zero attached hydrogens (tertiary/aromatic N) is 1. The van der Waals surface area contributed by atoms with Gasteiger partial charge in [-0.2, -0.15) is 0 Å². The Kier molecular flexibility index (Phi) is 5.03. The second kappa shape index (κ2) is 6.30. The molecule has 0 fully saturated rings. The van der Waals surface area contributed by atoms with Gasteiger partial charge >= 0.3 is 5.97 Å². The third-order valence-electron chi connectivity index (χ3n) is 2.56. The lowest BCUT2D eigenvalue weighted by Gasteiger charge is -2.14. The molecule has 1 heterocycles. The molecule has 0 aromatic carbocycles. The number of ether oxygens (including phenoxy) is 1. The molecule has 18 heavy (non-hydrogen) atoms. The number of nitrogens with one attached hydrogen (secondary N) is 2. The highest BCUT2D eigenvalue weighted by Gasteiger charge is 2.15. The van der Waals surface area contributed by atoms with Crippen molar-refractivity contribution in [1.82, 2.24) is 15.3 Å². The molecule has 6 heteroatoms. The Bertz CT molecular complexity index is 482. The van der Waals surface area contributed by atoms with Crippen LogP contribution >= 0.6 is 0 Å². The van der Waals surface area contributed by atoms with Gasteiger partial charge < -0.3 is 15.0 Å². The molecule has 0 spiro atoms. The van der Waals surface area contributed by atoms with Crippen molar-refractivity contribution >= 4 is 5.97 Å². The smallest absolute Gasteiger partial charge is 0.319 e. The summed E-state index contributed by atoms with van der Waals surface area (Å²) in [7, 11) is 0. The van der Waals surface area contributed by atoms with E-state index in [1.807, 2.05) is 6.92 Å². The molecular formula is C12H19N3O3. The standard InChI is InChI=1S/C12H19N3O3/c1-5-18-10(16)6-13-7(2)11-8(3)14-9(4)15-12(11)17/h7,13H,5-6H2,1-4H3,(H,14,15,17). The molecule has 1 aromatic heterocycles. The molecule has 1 unspecified atom stereocenters. The molecule has 6 nitrogen and oxygen atoms in total. The molecule has 0 bridgehead atoms. The zero-order valence-electron chi connectivity index (χ0n) is 11.2. The average Bonchev–Trinajstić information content (AvgIpc) is 2.25. The Morgan fingerprint density at radius 2 is 2.17 bits per heavy atom. The maximum Gasteiger partial charge on any atom is 0.319 e. The highest BCUT2D eigenvalue weighted by Crippen LogP contribution is 2.10. The lowest BCUT2D eigenvalue weighted by atomic mass is 10.1. The van der Waals surface area contributed by atoms with Crippen molar-refractivity contribution in [2.75, 3.05) is 13.2 Å². The number of hydrogen-bond acceptors (Lipinski definition) is 5. The van der Waals surface area contributed by atoms with Crippen LogP contribution in [-0.2, 0) is 9.53 Å². The van der Waals surface area contributed by atoms with E-state index < -0.39 is 0 Å². The van der Waals surface area contributed by atoms with Crippen molar-refractivity contribution in [3.05, 3.63) is 27.4 Å². The van der Waals surface area contributed by atoms with Gasteiger partial charge in [-0.15, -0.1) is 0 Å². The van der Waals surface area contributed by atoms with Crippen LogP contribution in [-0.4, -0.2) is 29.1 Å². The van der Waals surface area contributed by atoms with Crippen molar-refractivity contribution in [1.29, 1.82) is 0 Å². The number of rotatable bonds is 5. The van der Waals surface area contributed by atoms with E-state index in [0.717, 1.165) is 0 Å². The van der Waals surface area contributed by atoms with Crippen molar-refractivity contribution in [2.45, 2.75) is 33.7 Å². The van der Waals surface area contributed by atoms with E-state index in [4.69, 9.17) is 4.74 Å². The largest absolute Gasteiger partial charge is 0.465 e. The fourth-order valence-electron chi connectivity index (χ4n) is 1.80. The molecule has 0 radical (unpaired) electrons. The molecule has 0 amide bonds. The highest BCUT2D eigenvalue weighted by atomic mass is 16.5. The molecule has 0 aliphatic carbocycles. The monoisotopic (exact) mass is 253 g/mol. The number of carbonyl (C=O) groups excluding carboxylic acids is 1.